The summed E-state index contributed by atoms with van der Waals surface area (Å²) in [7, 11) is -3.11. The first-order valence-corrected chi connectivity index (χ1v) is 35.8. The van der Waals surface area contributed by atoms with Crippen LogP contribution in [0.5, 0.6) is 0 Å². The Morgan fingerprint density at radius 2 is 0.862 bits per heavy atom. The van der Waals surface area contributed by atoms with Gasteiger partial charge < -0.3 is 19.3 Å². The Hall–Kier alpha value is -4.04. The molecule has 0 aromatic carbocycles. The van der Waals surface area contributed by atoms with E-state index in [0.717, 1.165) is 93.3 Å². The minimum atomic E-state index is -3.11. The lowest BCUT2D eigenvalue weighted by Gasteiger charge is -2.62. The van der Waals surface area contributed by atoms with Crippen LogP contribution in [0, 0.1) is 157 Å². The number of carbonyl (C=O) groups excluding carboxylic acids is 6. The van der Waals surface area contributed by atoms with Crippen LogP contribution in [0.2, 0.25) is 0 Å². The van der Waals surface area contributed by atoms with E-state index >= 15 is 0 Å². The molecule has 31 atom stereocenters. The van der Waals surface area contributed by atoms with Gasteiger partial charge in [0.2, 0.25) is 0 Å². The summed E-state index contributed by atoms with van der Waals surface area (Å²) in [4.78, 5) is 73.1. The van der Waals surface area contributed by atoms with Gasteiger partial charge in [0.15, 0.2) is 17.3 Å². The molecular weight excluding hydrogens is 1120 g/mol. The molecule has 0 radical (unpaired) electrons. The van der Waals surface area contributed by atoms with E-state index in [0.29, 0.717) is 127 Å². The minimum Gasteiger partial charge on any atom is -0.458 e. The number of ether oxygens (including phenoxy) is 3. The normalized spacial score (nSPS) is 59.1. The van der Waals surface area contributed by atoms with Crippen molar-refractivity contribution in [2.75, 3.05) is 0 Å². The van der Waals surface area contributed by atoms with Gasteiger partial charge in [-0.25, -0.2) is 0 Å². The number of hydrogen-bond acceptors (Lipinski definition) is 13. The molecule has 3 spiro atoms. The molecule has 3 saturated heterocycles. The minimum absolute atomic E-state index is 0.0243. The van der Waals surface area contributed by atoms with E-state index in [-0.39, 0.29) is 85.0 Å². The van der Waals surface area contributed by atoms with Crippen LogP contribution in [0.15, 0.2) is 46.6 Å². The van der Waals surface area contributed by atoms with Crippen molar-refractivity contribution in [1.82, 2.24) is 0 Å². The maximum Gasteiger partial charge on any atom is 0.425 e. The monoisotopic (exact) mass is 1210 g/mol. The predicted molar refractivity (Wildman–Crippen MR) is 314 cm³/mol. The first-order valence-electron chi connectivity index (χ1n) is 34.8. The van der Waals surface area contributed by atoms with Crippen LogP contribution in [-0.4, -0.2) is 75.9 Å². The third kappa shape index (κ3) is 6.78. The lowest BCUT2D eigenvalue weighted by molar-refractivity contribution is -0.197. The summed E-state index contributed by atoms with van der Waals surface area (Å²) in [6.45, 7) is 17.0. The Morgan fingerprint density at radius 3 is 1.36 bits per heavy atom. The van der Waals surface area contributed by atoms with Crippen LogP contribution in [0.4, 0.5) is 0 Å². The van der Waals surface area contributed by atoms with Crippen molar-refractivity contribution >= 4 is 45.9 Å². The molecule has 3 heterocycles. The summed E-state index contributed by atoms with van der Waals surface area (Å²) >= 11 is 0. The molecule has 3 aliphatic heterocycles. The second kappa shape index (κ2) is 17.2. The molecule has 87 heavy (non-hydrogen) atoms. The molecular formula is C73H90O13S. The van der Waals surface area contributed by atoms with Crippen molar-refractivity contribution in [2.24, 2.45) is 157 Å². The van der Waals surface area contributed by atoms with E-state index in [9.17, 15) is 33.9 Å². The Labute approximate surface area is 513 Å². The summed E-state index contributed by atoms with van der Waals surface area (Å²) in [5.74, 6) is 14.6. The Morgan fingerprint density at radius 1 is 0.448 bits per heavy atom. The summed E-state index contributed by atoms with van der Waals surface area (Å²) in [5.41, 5.74) is 5.90. The quantitative estimate of drug-likeness (QED) is 0.136. The largest absolute Gasteiger partial charge is 0.458 e. The van der Waals surface area contributed by atoms with Gasteiger partial charge in [0.1, 0.15) is 16.8 Å². The van der Waals surface area contributed by atoms with Crippen LogP contribution < -0.4 is 0 Å². The van der Waals surface area contributed by atoms with Gasteiger partial charge >= 0.3 is 28.5 Å². The second-order valence-electron chi connectivity index (χ2n) is 35.1. The van der Waals surface area contributed by atoms with Crippen LogP contribution in [0.25, 0.3) is 0 Å². The summed E-state index contributed by atoms with van der Waals surface area (Å²) < 4.78 is 43.9. The summed E-state index contributed by atoms with van der Waals surface area (Å²) in [6, 6.07) is 0. The third-order valence-corrected chi connectivity index (χ3v) is 32.2. The molecule has 1 N–H and O–H groups in total. The van der Waals surface area contributed by atoms with Crippen LogP contribution in [-0.2, 0) is 53.6 Å². The number of fused-ring (bicyclic) bond motifs is 36. The van der Waals surface area contributed by atoms with Crippen molar-refractivity contribution in [3.8, 4) is 0 Å². The first-order chi connectivity index (χ1) is 41.2. The molecule has 17 fully saturated rings. The van der Waals surface area contributed by atoms with Gasteiger partial charge in [-0.05, 0) is 232 Å². The van der Waals surface area contributed by atoms with Gasteiger partial charge in [0.25, 0.3) is 0 Å². The fraction of sp³-hybridized carbons (Fsp3) is 0.808. The molecule has 13 nitrogen and oxygen atoms in total. The van der Waals surface area contributed by atoms with Crippen molar-refractivity contribution in [3.05, 3.63) is 46.6 Å². The molecule has 14 saturated carbocycles. The lowest BCUT2D eigenvalue weighted by Crippen LogP contribution is -2.62. The highest BCUT2D eigenvalue weighted by atomic mass is 32.2. The maximum absolute atomic E-state index is 12.2. The summed E-state index contributed by atoms with van der Waals surface area (Å²) in [6.07, 6.45) is 28.4. The van der Waals surface area contributed by atoms with E-state index in [4.69, 9.17) is 26.8 Å². The fourth-order valence-corrected chi connectivity index (χ4v) is 29.3. The molecule has 18 aliphatic carbocycles. The predicted octanol–water partition coefficient (Wildman–Crippen LogP) is 11.1. The lowest BCUT2D eigenvalue weighted by atomic mass is 9.43. The van der Waals surface area contributed by atoms with Crippen LogP contribution in [0.3, 0.4) is 0 Å². The van der Waals surface area contributed by atoms with Gasteiger partial charge in [-0.15, -0.1) is 12.6 Å². The van der Waals surface area contributed by atoms with Crippen LogP contribution in [0.1, 0.15) is 183 Å². The highest BCUT2D eigenvalue weighted by Crippen LogP contribution is 2.86. The van der Waals surface area contributed by atoms with Crippen molar-refractivity contribution in [2.45, 2.75) is 206 Å². The number of esters is 3. The highest BCUT2D eigenvalue weighted by Gasteiger charge is 2.85. The SMILES string of the molecule is CC1C[C@@]2(C)C(C3C1[C@@]1(C)CCC(=O)C=C1[C@@H]1C[C@H]31)[C@@H]1C[C@@H]1[C@@]21CCC(=O)O1.C[C@]12CCC(=O)C=C1[C@@H]1C[C@@H]1C1C2=CC[C@@]2(C)C1[C@@H]1C[C@@H]1[C@@]21CCC(=O)O1.C[C@]12CCC(=O)C=C1[C@@H]1C[C@@H]1C1C2C(O)C[C@@]2(C)C1[C@@H]1C[C@@H]1[C@@]21CCC(=O)O1.O=S(=O)=O. The number of carbonyl (C=O) groups is 6. The van der Waals surface area contributed by atoms with E-state index in [1.54, 1.807) is 5.57 Å². The Kier molecular flexibility index (Phi) is 11.0. The zero-order chi connectivity index (χ0) is 60.4. The number of allylic oxidation sites excluding steroid dienone is 6. The Bertz CT molecular complexity index is 3380. The van der Waals surface area contributed by atoms with E-state index < -0.39 is 10.6 Å². The van der Waals surface area contributed by atoms with E-state index in [1.807, 2.05) is 12.2 Å². The highest BCUT2D eigenvalue weighted by molar-refractivity contribution is 7.59. The van der Waals surface area contributed by atoms with Gasteiger partial charge in [-0.3, -0.25) is 28.8 Å². The molecule has 21 aliphatic rings. The van der Waals surface area contributed by atoms with E-state index in [2.05, 4.69) is 60.6 Å². The van der Waals surface area contributed by atoms with Crippen LogP contribution >= 0.6 is 0 Å². The molecule has 466 valence electrons. The second-order valence-corrected chi connectivity index (χ2v) is 35.5. The Balaban J connectivity index is 0.0000000952. The molecule has 21 rings (SSSR count). The average molecular weight is 1210 g/mol. The standard InChI is InChI=1S/C25H32O3.C24H30O4.C24H28O3.O3S/c1-12-11-24(3)22(16-10-18(16)25(24)7-5-19(27)28-25)20-15-9-14(15)17-8-13(26)4-6-23(17,2)21(12)20;1-22-5-3-11(25)7-15(22)12-8-13(12)19-20-14-9-16(14)24(6-4-18(27)28-24)23(20,2)10-17(26)21(19)22;1-22-6-3-12(25)9-17(22)13-10-14(13)20-16(22)4-7-23(2)21(20)15-11-18(15)24(23)8-5-19(26)27-24;1-4(2)3/h8,12,14-16,18,20-22H,4-7,9-11H2,1-3H3;7,12-14,16-17,19-21,26H,3-6,8-10H2,1-2H3;4,9,13-15,18,20-21H,3,5-8,10-11H2,1-2H3;/t12?,14-,15+,16-,18+,20?,21?,22?,23+,24+,25+;12-,13+,14-,16+,17?,19?,20?,21?,22+,23+,24+;13-,14+,15-,18+,20?,21?,22-,23+,24+;/m111./s1. The molecule has 0 amide bonds. The zero-order valence-electron chi connectivity index (χ0n) is 52.1. The van der Waals surface area contributed by atoms with Crippen molar-refractivity contribution in [3.63, 3.8) is 0 Å². The average Bonchev–Trinajstić information content (AvgIpc) is 1.49. The zero-order valence-corrected chi connectivity index (χ0v) is 52.9. The molecule has 0 bridgehead atoms. The molecule has 0 aromatic heterocycles. The fourth-order valence-electron chi connectivity index (χ4n) is 29.3. The van der Waals surface area contributed by atoms with E-state index in [1.165, 1.54) is 61.7 Å². The van der Waals surface area contributed by atoms with Gasteiger partial charge in [0.05, 0.1) is 6.10 Å². The number of ketones is 3. The number of rotatable bonds is 0. The molecule has 10 unspecified atom stereocenters. The third-order valence-electron chi connectivity index (χ3n) is 32.2. The molecule has 14 heteroatoms. The maximum atomic E-state index is 12.2. The molecule has 0 aromatic rings. The summed E-state index contributed by atoms with van der Waals surface area (Å²) in [5, 5.41) is 11.6. The number of aliphatic hydroxyl groups excluding tert-OH is 1. The number of hydrogen-bond donors (Lipinski definition) is 1. The topological polar surface area (TPSA) is 202 Å². The van der Waals surface area contributed by atoms with Gasteiger partial charge in [-0.2, -0.15) is 0 Å². The van der Waals surface area contributed by atoms with Crippen molar-refractivity contribution < 1.29 is 60.7 Å². The number of aliphatic hydroxyl groups is 1. The smallest absolute Gasteiger partial charge is 0.425 e. The van der Waals surface area contributed by atoms with Gasteiger partial charge in [0, 0.05) is 77.9 Å². The van der Waals surface area contributed by atoms with Crippen molar-refractivity contribution in [1.29, 1.82) is 0 Å². The van der Waals surface area contributed by atoms with Gasteiger partial charge in [-0.1, -0.05) is 76.8 Å². The first kappa shape index (κ1) is 55.8.